The zero-order valence-electron chi connectivity index (χ0n) is 19.5. The van der Waals surface area contributed by atoms with Crippen molar-refractivity contribution >= 4 is 41.6 Å². The molecule has 1 unspecified atom stereocenters. The first-order valence-electron chi connectivity index (χ1n) is 11.1. The van der Waals surface area contributed by atoms with Gasteiger partial charge in [-0.1, -0.05) is 12.1 Å². The fourth-order valence-electron chi connectivity index (χ4n) is 5.49. The first kappa shape index (κ1) is 22.7. The van der Waals surface area contributed by atoms with Crippen molar-refractivity contribution in [3.8, 4) is 0 Å². The number of esters is 1. The number of benzene rings is 2. The third kappa shape index (κ3) is 3.49. The molecule has 2 aromatic carbocycles. The van der Waals surface area contributed by atoms with Crippen LogP contribution in [0.25, 0.3) is 0 Å². The van der Waals surface area contributed by atoms with Crippen LogP contribution in [0.3, 0.4) is 0 Å². The van der Waals surface area contributed by atoms with Crippen molar-refractivity contribution in [2.75, 3.05) is 25.3 Å². The molecule has 7 heteroatoms. The molecule has 2 aromatic rings. The molecule has 4 rings (SSSR count). The average Bonchev–Trinajstić information content (AvgIpc) is 3.17. The summed E-state index contributed by atoms with van der Waals surface area (Å²) in [6.07, 6.45) is 3.00. The van der Waals surface area contributed by atoms with Crippen LogP contribution in [0.15, 0.2) is 24.3 Å². The molecule has 1 heterocycles. The molecule has 1 aliphatic heterocycles. The Morgan fingerprint density at radius 1 is 1.22 bits per heavy atom. The van der Waals surface area contributed by atoms with E-state index in [0.29, 0.717) is 24.3 Å². The number of methoxy groups -OCH3 is 1. The van der Waals surface area contributed by atoms with E-state index in [-0.39, 0.29) is 18.9 Å². The highest BCUT2D eigenvalue weighted by Gasteiger charge is 2.45. The van der Waals surface area contributed by atoms with E-state index < -0.39 is 5.41 Å². The Bertz CT molecular complexity index is 1100. The number of anilines is 1. The van der Waals surface area contributed by atoms with Gasteiger partial charge in [0.05, 0.1) is 18.1 Å². The first-order valence-corrected chi connectivity index (χ1v) is 11.7. The molecule has 2 aliphatic rings. The Kier molecular flexibility index (Phi) is 6.01. The van der Waals surface area contributed by atoms with Crippen LogP contribution in [0, 0.1) is 19.3 Å². The van der Waals surface area contributed by atoms with Crippen molar-refractivity contribution in [3.63, 3.8) is 0 Å². The standard InChI is InChI=1S/C25H30BClN2O3/c1-15-17(10-8-12-27)22(16(2)20-14-25(3,13-19(15)20)24(31)32-5)26-28-21-11-7-6-9-18(21)23(30)29(26)4/h6-7,9,11,28H,8,10,12-14H2,1-5H3. The Labute approximate surface area is 195 Å². The van der Waals surface area contributed by atoms with E-state index in [1.807, 2.05) is 38.2 Å². The van der Waals surface area contributed by atoms with Crippen LogP contribution in [-0.2, 0) is 28.8 Å². The van der Waals surface area contributed by atoms with Crippen LogP contribution in [-0.4, -0.2) is 43.7 Å². The van der Waals surface area contributed by atoms with E-state index in [4.69, 9.17) is 16.3 Å². The molecule has 0 spiro atoms. The highest BCUT2D eigenvalue weighted by Crippen LogP contribution is 2.42. The number of nitrogens with one attached hydrogen (secondary N) is 1. The Morgan fingerprint density at radius 2 is 1.88 bits per heavy atom. The summed E-state index contributed by atoms with van der Waals surface area (Å²) in [5.74, 6) is 0.405. The number of hydrogen-bond donors (Lipinski definition) is 1. The minimum atomic E-state index is -0.566. The Balaban J connectivity index is 1.88. The van der Waals surface area contributed by atoms with Crippen LogP contribution in [0.4, 0.5) is 5.69 Å². The molecule has 0 aromatic heterocycles. The van der Waals surface area contributed by atoms with Gasteiger partial charge in [-0.05, 0) is 98.9 Å². The number of alkyl halides is 1. The van der Waals surface area contributed by atoms with Crippen molar-refractivity contribution in [1.82, 2.24) is 4.81 Å². The lowest BCUT2D eigenvalue weighted by Crippen LogP contribution is -2.59. The quantitative estimate of drug-likeness (QED) is 0.427. The molecule has 32 heavy (non-hydrogen) atoms. The number of hydrogen-bond acceptors (Lipinski definition) is 4. The summed E-state index contributed by atoms with van der Waals surface area (Å²) in [6.45, 7) is 5.98. The summed E-state index contributed by atoms with van der Waals surface area (Å²) in [5.41, 5.74) is 8.14. The SMILES string of the molecule is COC(=O)C1(C)Cc2c(C)c(CCCCl)c(B3Nc4ccccc4C(=O)N3C)c(C)c2C1. The highest BCUT2D eigenvalue weighted by atomic mass is 35.5. The lowest BCUT2D eigenvalue weighted by molar-refractivity contribution is -0.151. The highest BCUT2D eigenvalue weighted by molar-refractivity contribution is 6.77. The average molecular weight is 453 g/mol. The van der Waals surface area contributed by atoms with Crippen LogP contribution < -0.4 is 10.7 Å². The van der Waals surface area contributed by atoms with Gasteiger partial charge in [0.1, 0.15) is 0 Å². The van der Waals surface area contributed by atoms with E-state index in [1.165, 1.54) is 29.4 Å². The first-order chi connectivity index (χ1) is 15.2. The molecule has 1 amide bonds. The number of carbonyl (C=O) groups is 2. The van der Waals surface area contributed by atoms with Gasteiger partial charge in [-0.25, -0.2) is 0 Å². The van der Waals surface area contributed by atoms with Gasteiger partial charge in [0.15, 0.2) is 0 Å². The number of para-hydroxylation sites is 1. The summed E-state index contributed by atoms with van der Waals surface area (Å²) < 4.78 is 5.14. The summed E-state index contributed by atoms with van der Waals surface area (Å²) in [4.78, 5) is 27.6. The summed E-state index contributed by atoms with van der Waals surface area (Å²) >= 11 is 6.08. The molecule has 0 saturated carbocycles. The van der Waals surface area contributed by atoms with Gasteiger partial charge < -0.3 is 14.8 Å². The fourth-order valence-corrected chi connectivity index (χ4v) is 5.62. The van der Waals surface area contributed by atoms with Crippen LogP contribution in [0.2, 0.25) is 0 Å². The second-order valence-electron chi connectivity index (χ2n) is 9.31. The van der Waals surface area contributed by atoms with Crippen molar-refractivity contribution < 1.29 is 14.3 Å². The van der Waals surface area contributed by atoms with Gasteiger partial charge in [0, 0.05) is 11.6 Å². The molecular formula is C25H30BClN2O3. The molecule has 0 bridgehead atoms. The predicted octanol–water partition coefficient (Wildman–Crippen LogP) is 3.65. The number of rotatable bonds is 5. The molecule has 0 radical (unpaired) electrons. The summed E-state index contributed by atoms with van der Waals surface area (Å²) in [6, 6.07) is 7.64. The number of ether oxygens (including phenoxy) is 1. The molecule has 5 nitrogen and oxygen atoms in total. The third-order valence-electron chi connectivity index (χ3n) is 7.25. The van der Waals surface area contributed by atoms with Gasteiger partial charge in [0.25, 0.3) is 0 Å². The Hall–Kier alpha value is -2.47. The lowest BCUT2D eigenvalue weighted by Gasteiger charge is -2.35. The summed E-state index contributed by atoms with van der Waals surface area (Å²) in [7, 11) is 3.30. The molecule has 0 saturated heterocycles. The zero-order chi connectivity index (χ0) is 23.2. The lowest BCUT2D eigenvalue weighted by atomic mass is 9.58. The minimum absolute atomic E-state index is 0.00425. The zero-order valence-corrected chi connectivity index (χ0v) is 20.2. The molecule has 1 N–H and O–H groups in total. The maximum Gasteiger partial charge on any atom is 0.411 e. The largest absolute Gasteiger partial charge is 0.469 e. The normalized spacial score (nSPS) is 19.5. The maximum atomic E-state index is 13.2. The molecular weight excluding hydrogens is 423 g/mol. The van der Waals surface area contributed by atoms with E-state index in [9.17, 15) is 9.59 Å². The number of nitrogens with zero attached hydrogens (tertiary/aromatic N) is 1. The summed E-state index contributed by atoms with van der Waals surface area (Å²) in [5, 5.41) is 3.60. The Morgan fingerprint density at radius 3 is 2.53 bits per heavy atom. The third-order valence-corrected chi connectivity index (χ3v) is 7.52. The minimum Gasteiger partial charge on any atom is -0.469 e. The van der Waals surface area contributed by atoms with E-state index >= 15 is 0 Å². The van der Waals surface area contributed by atoms with Crippen molar-refractivity contribution in [1.29, 1.82) is 0 Å². The number of amides is 1. The van der Waals surface area contributed by atoms with Crippen molar-refractivity contribution in [2.45, 2.75) is 46.5 Å². The molecule has 1 atom stereocenters. The van der Waals surface area contributed by atoms with Crippen LogP contribution in [0.5, 0.6) is 0 Å². The predicted molar refractivity (Wildman–Crippen MR) is 130 cm³/mol. The van der Waals surface area contributed by atoms with Gasteiger partial charge in [-0.3, -0.25) is 9.59 Å². The van der Waals surface area contributed by atoms with Gasteiger partial charge >= 0.3 is 13.0 Å². The molecule has 168 valence electrons. The topological polar surface area (TPSA) is 58.6 Å². The maximum absolute atomic E-state index is 13.2. The molecule has 0 fully saturated rings. The monoisotopic (exact) mass is 452 g/mol. The number of halogens is 1. The second kappa shape index (κ2) is 8.47. The van der Waals surface area contributed by atoms with Crippen molar-refractivity contribution in [2.24, 2.45) is 5.41 Å². The van der Waals surface area contributed by atoms with Crippen LogP contribution >= 0.6 is 11.6 Å². The second-order valence-corrected chi connectivity index (χ2v) is 9.68. The van der Waals surface area contributed by atoms with E-state index in [0.717, 1.165) is 29.6 Å². The number of fused-ring (bicyclic) bond motifs is 2. The van der Waals surface area contributed by atoms with Crippen LogP contribution in [0.1, 0.15) is 51.5 Å². The smallest absolute Gasteiger partial charge is 0.411 e. The molecule has 1 aliphatic carbocycles. The van der Waals surface area contributed by atoms with E-state index in [2.05, 4.69) is 19.1 Å². The van der Waals surface area contributed by atoms with Crippen molar-refractivity contribution in [3.05, 3.63) is 57.6 Å². The number of carbonyl (C=O) groups excluding carboxylic acids is 2. The van der Waals surface area contributed by atoms with Gasteiger partial charge in [0.2, 0.25) is 5.91 Å². The fraction of sp³-hybridized carbons (Fsp3) is 0.440. The van der Waals surface area contributed by atoms with E-state index in [1.54, 1.807) is 4.81 Å². The van der Waals surface area contributed by atoms with Gasteiger partial charge in [-0.15, -0.1) is 11.6 Å². The van der Waals surface area contributed by atoms with Gasteiger partial charge in [-0.2, -0.15) is 0 Å².